The smallest absolute Gasteiger partial charge is 0.280 e. The summed E-state index contributed by atoms with van der Waals surface area (Å²) in [5.74, 6) is 0. The lowest BCUT2D eigenvalue weighted by molar-refractivity contribution is -0.128. The van der Waals surface area contributed by atoms with Crippen molar-refractivity contribution < 1.29 is 18.0 Å². The molecule has 1 aliphatic heterocycles. The van der Waals surface area contributed by atoms with Crippen molar-refractivity contribution in [3.8, 4) is 0 Å². The molecule has 0 unspecified atom stereocenters. The lowest BCUT2D eigenvalue weighted by Gasteiger charge is -2.37. The van der Waals surface area contributed by atoms with Crippen molar-refractivity contribution in [2.75, 3.05) is 26.2 Å². The number of sulfonamides is 1. The molecule has 0 aliphatic carbocycles. The number of hydrazine groups is 1. The Hall–Kier alpha value is -1.93. The summed E-state index contributed by atoms with van der Waals surface area (Å²) in [5, 5.41) is 1.43. The molecule has 1 heterocycles. The molecule has 114 valence electrons. The molecule has 21 heavy (non-hydrogen) atoms. The minimum absolute atomic E-state index is 0.0676. The second kappa shape index (κ2) is 6.23. The van der Waals surface area contributed by atoms with Gasteiger partial charge in [-0.1, -0.05) is 17.7 Å². The average Bonchev–Trinajstić information content (AvgIpc) is 2.49. The molecule has 1 aromatic rings. The van der Waals surface area contributed by atoms with Crippen LogP contribution < -0.4 is 0 Å². The predicted molar refractivity (Wildman–Crippen MR) is 75.5 cm³/mol. The van der Waals surface area contributed by atoms with Crippen LogP contribution in [0.3, 0.4) is 0 Å². The Labute approximate surface area is 123 Å². The van der Waals surface area contributed by atoms with Gasteiger partial charge in [-0.15, -0.1) is 0 Å². The molecule has 1 saturated heterocycles. The molecule has 0 radical (unpaired) electrons. The Morgan fingerprint density at radius 3 is 2.10 bits per heavy atom. The van der Waals surface area contributed by atoms with Crippen LogP contribution in [0.1, 0.15) is 5.56 Å². The number of nitrogens with zero attached hydrogens (tertiary/aromatic N) is 3. The normalized spacial score (nSPS) is 16.5. The van der Waals surface area contributed by atoms with E-state index in [0.717, 1.165) is 16.4 Å². The van der Waals surface area contributed by atoms with Crippen molar-refractivity contribution in [2.24, 2.45) is 0 Å². The fourth-order valence-electron chi connectivity index (χ4n) is 2.11. The van der Waals surface area contributed by atoms with Gasteiger partial charge in [0.25, 0.3) is 10.0 Å². The van der Waals surface area contributed by atoms with Crippen LogP contribution in [-0.2, 0) is 19.6 Å². The van der Waals surface area contributed by atoms with E-state index in [2.05, 4.69) is 0 Å². The van der Waals surface area contributed by atoms with Gasteiger partial charge in [-0.3, -0.25) is 9.59 Å². The van der Waals surface area contributed by atoms with E-state index in [1.54, 1.807) is 12.1 Å². The van der Waals surface area contributed by atoms with Crippen LogP contribution in [0.5, 0.6) is 0 Å². The van der Waals surface area contributed by atoms with Crippen LogP contribution in [0.15, 0.2) is 29.2 Å². The van der Waals surface area contributed by atoms with Gasteiger partial charge in [0, 0.05) is 26.2 Å². The van der Waals surface area contributed by atoms with E-state index in [1.165, 1.54) is 22.0 Å². The number of piperazine rings is 1. The van der Waals surface area contributed by atoms with Crippen LogP contribution in [0.25, 0.3) is 0 Å². The minimum atomic E-state index is -3.91. The summed E-state index contributed by atoms with van der Waals surface area (Å²) in [6.07, 6.45) is 1.02. The Balaban J connectivity index is 2.22. The summed E-state index contributed by atoms with van der Waals surface area (Å²) in [6.45, 7) is 3.21. The van der Waals surface area contributed by atoms with Crippen LogP contribution in [-0.4, -0.2) is 61.7 Å². The first kappa shape index (κ1) is 15.5. The SMILES string of the molecule is Cc1ccc(S(=O)(=O)N(C=O)N2CCN(C=O)CC2)cc1. The zero-order valence-corrected chi connectivity index (χ0v) is 12.5. The topological polar surface area (TPSA) is 78.0 Å². The van der Waals surface area contributed by atoms with Crippen LogP contribution in [0, 0.1) is 6.92 Å². The molecular weight excluding hydrogens is 294 g/mol. The molecular formula is C13H17N3O4S. The molecule has 1 fully saturated rings. The number of carbonyl (C=O) groups is 2. The van der Waals surface area contributed by atoms with Gasteiger partial charge >= 0.3 is 0 Å². The molecule has 0 atom stereocenters. The Morgan fingerprint density at radius 2 is 1.62 bits per heavy atom. The molecule has 0 saturated carbocycles. The summed E-state index contributed by atoms with van der Waals surface area (Å²) in [5.41, 5.74) is 0.936. The van der Waals surface area contributed by atoms with Gasteiger partial charge in [-0.25, -0.2) is 5.01 Å². The first-order chi connectivity index (χ1) is 9.98. The molecule has 2 amide bonds. The first-order valence-corrected chi connectivity index (χ1v) is 7.93. The maximum absolute atomic E-state index is 12.5. The molecule has 1 aliphatic rings. The second-order valence-corrected chi connectivity index (χ2v) is 6.59. The Bertz CT molecular complexity index is 607. The molecule has 1 aromatic carbocycles. The van der Waals surface area contributed by atoms with Crippen molar-refractivity contribution >= 4 is 22.8 Å². The predicted octanol–water partition coefficient (Wildman–Crippen LogP) is -0.169. The van der Waals surface area contributed by atoms with E-state index in [-0.39, 0.29) is 4.90 Å². The molecule has 7 nitrogen and oxygen atoms in total. The summed E-state index contributed by atoms with van der Waals surface area (Å²) < 4.78 is 25.7. The Morgan fingerprint density at radius 1 is 1.05 bits per heavy atom. The zero-order chi connectivity index (χ0) is 15.5. The third-order valence-electron chi connectivity index (χ3n) is 3.37. The van der Waals surface area contributed by atoms with E-state index in [0.29, 0.717) is 32.6 Å². The zero-order valence-electron chi connectivity index (χ0n) is 11.7. The van der Waals surface area contributed by atoms with Crippen molar-refractivity contribution in [1.82, 2.24) is 14.3 Å². The molecule has 0 aromatic heterocycles. The van der Waals surface area contributed by atoms with Crippen molar-refractivity contribution in [3.63, 3.8) is 0 Å². The fraction of sp³-hybridized carbons (Fsp3) is 0.385. The van der Waals surface area contributed by atoms with Crippen molar-refractivity contribution in [1.29, 1.82) is 0 Å². The number of carbonyl (C=O) groups excluding carboxylic acids is 2. The van der Waals surface area contributed by atoms with Gasteiger partial charge in [-0.2, -0.15) is 12.8 Å². The lowest BCUT2D eigenvalue weighted by atomic mass is 10.2. The molecule has 0 bridgehead atoms. The van der Waals surface area contributed by atoms with Gasteiger partial charge in [-0.05, 0) is 19.1 Å². The minimum Gasteiger partial charge on any atom is -0.343 e. The van der Waals surface area contributed by atoms with Crippen LogP contribution in [0.2, 0.25) is 0 Å². The number of benzene rings is 1. The summed E-state index contributed by atoms with van der Waals surface area (Å²) in [4.78, 5) is 23.5. The van der Waals surface area contributed by atoms with E-state index >= 15 is 0 Å². The van der Waals surface area contributed by atoms with Crippen LogP contribution >= 0.6 is 0 Å². The summed E-state index contributed by atoms with van der Waals surface area (Å²) in [7, 11) is -3.91. The third-order valence-corrected chi connectivity index (χ3v) is 5.05. The highest BCUT2D eigenvalue weighted by Gasteiger charge is 2.30. The van der Waals surface area contributed by atoms with Gasteiger partial charge in [0.15, 0.2) is 0 Å². The highest BCUT2D eigenvalue weighted by molar-refractivity contribution is 7.89. The van der Waals surface area contributed by atoms with E-state index in [9.17, 15) is 18.0 Å². The van der Waals surface area contributed by atoms with Gasteiger partial charge < -0.3 is 4.90 Å². The van der Waals surface area contributed by atoms with E-state index < -0.39 is 10.0 Å². The maximum Gasteiger partial charge on any atom is 0.280 e. The standard InChI is InChI=1S/C13H17N3O4S/c1-12-2-4-13(5-3-12)21(19,20)16(11-18)15-8-6-14(10-17)7-9-15/h2-5,10-11H,6-9H2,1H3. The highest BCUT2D eigenvalue weighted by Crippen LogP contribution is 2.18. The van der Waals surface area contributed by atoms with E-state index in [1.807, 2.05) is 6.92 Å². The number of amides is 2. The monoisotopic (exact) mass is 311 g/mol. The highest BCUT2D eigenvalue weighted by atomic mass is 32.2. The molecule has 0 N–H and O–H groups in total. The van der Waals surface area contributed by atoms with Crippen molar-refractivity contribution in [2.45, 2.75) is 11.8 Å². The van der Waals surface area contributed by atoms with Gasteiger partial charge in [0.2, 0.25) is 12.8 Å². The number of aryl methyl sites for hydroxylation is 1. The number of hydrogen-bond acceptors (Lipinski definition) is 5. The molecule has 2 rings (SSSR count). The van der Waals surface area contributed by atoms with Crippen molar-refractivity contribution in [3.05, 3.63) is 29.8 Å². The van der Waals surface area contributed by atoms with Gasteiger partial charge in [0.1, 0.15) is 0 Å². The lowest BCUT2D eigenvalue weighted by Crippen LogP contribution is -2.54. The maximum atomic E-state index is 12.5. The summed E-state index contributed by atoms with van der Waals surface area (Å²) in [6, 6.07) is 6.31. The van der Waals surface area contributed by atoms with Gasteiger partial charge in [0.05, 0.1) is 4.90 Å². The number of hydrogen-bond donors (Lipinski definition) is 0. The van der Waals surface area contributed by atoms with Crippen LogP contribution in [0.4, 0.5) is 0 Å². The number of rotatable bonds is 5. The summed E-state index contributed by atoms with van der Waals surface area (Å²) >= 11 is 0. The fourth-order valence-corrected chi connectivity index (χ4v) is 3.38. The second-order valence-electron chi connectivity index (χ2n) is 4.79. The quantitative estimate of drug-likeness (QED) is 0.706. The molecule has 0 spiro atoms. The molecule has 8 heteroatoms. The average molecular weight is 311 g/mol. The van der Waals surface area contributed by atoms with E-state index in [4.69, 9.17) is 0 Å². The third kappa shape index (κ3) is 3.22. The first-order valence-electron chi connectivity index (χ1n) is 6.49. The largest absolute Gasteiger partial charge is 0.343 e. The Kier molecular flexibility index (Phi) is 4.59.